The Labute approximate surface area is 117 Å². The summed E-state index contributed by atoms with van der Waals surface area (Å²) in [6, 6.07) is 13.4. The van der Waals surface area contributed by atoms with Crippen molar-refractivity contribution in [3.8, 4) is 0 Å². The summed E-state index contributed by atoms with van der Waals surface area (Å²) in [6.07, 6.45) is 0. The van der Waals surface area contributed by atoms with Gasteiger partial charge in [-0.2, -0.15) is 0 Å². The molecule has 0 radical (unpaired) electrons. The van der Waals surface area contributed by atoms with E-state index in [1.54, 1.807) is 30.3 Å². The first-order valence-corrected chi connectivity index (χ1v) is 6.46. The number of rotatable bonds is 4. The number of nitrogens with two attached hydrogens (primary N) is 1. The lowest BCUT2D eigenvalue weighted by Crippen LogP contribution is -2.36. The van der Waals surface area contributed by atoms with Gasteiger partial charge in [-0.3, -0.25) is 4.79 Å². The van der Waals surface area contributed by atoms with Gasteiger partial charge in [-0.1, -0.05) is 29.8 Å². The number of hydrogen-bond acceptors (Lipinski definition) is 2. The highest BCUT2D eigenvalue weighted by atomic mass is 19.1. The number of carbonyl (C=O) groups is 1. The zero-order valence-corrected chi connectivity index (χ0v) is 11.3. The SMILES string of the molecule is Cc1cccc(C(=O)N(CCN)c2ccccc2F)c1. The van der Waals surface area contributed by atoms with E-state index in [0.717, 1.165) is 5.56 Å². The van der Waals surface area contributed by atoms with Crippen LogP contribution in [0.25, 0.3) is 0 Å². The van der Waals surface area contributed by atoms with E-state index in [4.69, 9.17) is 5.73 Å². The predicted molar refractivity (Wildman–Crippen MR) is 78.3 cm³/mol. The monoisotopic (exact) mass is 272 g/mol. The van der Waals surface area contributed by atoms with E-state index in [0.29, 0.717) is 5.56 Å². The van der Waals surface area contributed by atoms with Gasteiger partial charge in [0.2, 0.25) is 0 Å². The fourth-order valence-electron chi connectivity index (χ4n) is 2.07. The maximum atomic E-state index is 13.9. The molecule has 0 saturated carbocycles. The minimum absolute atomic E-state index is 0.246. The number of benzene rings is 2. The van der Waals surface area contributed by atoms with E-state index >= 15 is 0 Å². The standard InChI is InChI=1S/C16H17FN2O/c1-12-5-4-6-13(11-12)16(20)19(10-9-18)15-8-3-2-7-14(15)17/h2-8,11H,9-10,18H2,1H3. The Morgan fingerprint density at radius 3 is 2.60 bits per heavy atom. The van der Waals surface area contributed by atoms with Gasteiger partial charge in [0, 0.05) is 18.7 Å². The molecule has 2 rings (SSSR count). The zero-order valence-electron chi connectivity index (χ0n) is 11.3. The van der Waals surface area contributed by atoms with Crippen LogP contribution in [-0.2, 0) is 0 Å². The van der Waals surface area contributed by atoms with Crippen LogP contribution in [0.15, 0.2) is 48.5 Å². The van der Waals surface area contributed by atoms with Gasteiger partial charge < -0.3 is 10.6 Å². The first-order valence-electron chi connectivity index (χ1n) is 6.46. The summed E-state index contributed by atoms with van der Waals surface area (Å²) < 4.78 is 13.9. The Morgan fingerprint density at radius 2 is 1.95 bits per heavy atom. The molecule has 20 heavy (non-hydrogen) atoms. The van der Waals surface area contributed by atoms with Crippen molar-refractivity contribution >= 4 is 11.6 Å². The van der Waals surface area contributed by atoms with Crippen LogP contribution in [0.5, 0.6) is 0 Å². The summed E-state index contributed by atoms with van der Waals surface area (Å²) in [4.78, 5) is 13.9. The van der Waals surface area contributed by atoms with Crippen LogP contribution in [0, 0.1) is 12.7 Å². The highest BCUT2D eigenvalue weighted by Crippen LogP contribution is 2.21. The van der Waals surface area contributed by atoms with Gasteiger partial charge in [-0.05, 0) is 31.2 Å². The Morgan fingerprint density at radius 1 is 1.20 bits per heavy atom. The fraction of sp³-hybridized carbons (Fsp3) is 0.188. The topological polar surface area (TPSA) is 46.3 Å². The van der Waals surface area contributed by atoms with Gasteiger partial charge in [0.05, 0.1) is 5.69 Å². The second-order valence-electron chi connectivity index (χ2n) is 4.57. The van der Waals surface area contributed by atoms with Gasteiger partial charge in [0.15, 0.2) is 0 Å². The van der Waals surface area contributed by atoms with Crippen molar-refractivity contribution in [2.45, 2.75) is 6.92 Å². The minimum Gasteiger partial charge on any atom is -0.329 e. The van der Waals surface area contributed by atoms with E-state index in [-0.39, 0.29) is 24.7 Å². The van der Waals surface area contributed by atoms with Crippen molar-refractivity contribution in [2.24, 2.45) is 5.73 Å². The molecule has 0 fully saturated rings. The summed E-state index contributed by atoms with van der Waals surface area (Å²) in [5.74, 6) is -0.675. The zero-order chi connectivity index (χ0) is 14.5. The molecule has 0 atom stereocenters. The van der Waals surface area contributed by atoms with Gasteiger partial charge in [-0.15, -0.1) is 0 Å². The molecular weight excluding hydrogens is 255 g/mol. The molecule has 4 heteroatoms. The number of aryl methyl sites for hydroxylation is 1. The van der Waals surface area contributed by atoms with Crippen LogP contribution in [0.3, 0.4) is 0 Å². The number of nitrogens with zero attached hydrogens (tertiary/aromatic N) is 1. The summed E-state index contributed by atoms with van der Waals surface area (Å²) in [7, 11) is 0. The molecule has 2 N–H and O–H groups in total. The molecule has 0 aliphatic rings. The summed E-state index contributed by atoms with van der Waals surface area (Å²) in [5.41, 5.74) is 7.31. The smallest absolute Gasteiger partial charge is 0.258 e. The third-order valence-electron chi connectivity index (χ3n) is 3.01. The Bertz CT molecular complexity index is 613. The van der Waals surface area contributed by atoms with E-state index in [1.807, 2.05) is 19.1 Å². The van der Waals surface area contributed by atoms with Crippen molar-refractivity contribution < 1.29 is 9.18 Å². The van der Waals surface area contributed by atoms with Crippen molar-refractivity contribution in [3.05, 3.63) is 65.5 Å². The summed E-state index contributed by atoms with van der Waals surface area (Å²) in [6.45, 7) is 2.45. The van der Waals surface area contributed by atoms with Crippen LogP contribution < -0.4 is 10.6 Å². The molecule has 0 spiro atoms. The van der Waals surface area contributed by atoms with Gasteiger partial charge in [0.25, 0.3) is 5.91 Å². The Kier molecular flexibility index (Phi) is 4.48. The van der Waals surface area contributed by atoms with E-state index in [1.165, 1.54) is 11.0 Å². The first-order chi connectivity index (χ1) is 9.63. The van der Waals surface area contributed by atoms with Crippen molar-refractivity contribution in [1.29, 1.82) is 0 Å². The number of hydrogen-bond donors (Lipinski definition) is 1. The number of anilines is 1. The molecule has 0 bridgehead atoms. The fourth-order valence-corrected chi connectivity index (χ4v) is 2.07. The molecule has 0 saturated heterocycles. The number of halogens is 1. The van der Waals surface area contributed by atoms with Crippen LogP contribution in [-0.4, -0.2) is 19.0 Å². The van der Waals surface area contributed by atoms with E-state index < -0.39 is 5.82 Å². The van der Waals surface area contributed by atoms with Crippen LogP contribution >= 0.6 is 0 Å². The molecule has 2 aromatic rings. The molecule has 0 aliphatic carbocycles. The maximum absolute atomic E-state index is 13.9. The number of para-hydroxylation sites is 1. The Balaban J connectivity index is 2.39. The average Bonchev–Trinajstić information content (AvgIpc) is 2.45. The number of carbonyl (C=O) groups excluding carboxylic acids is 1. The quantitative estimate of drug-likeness (QED) is 0.930. The lowest BCUT2D eigenvalue weighted by molar-refractivity contribution is 0.0986. The van der Waals surface area contributed by atoms with Crippen molar-refractivity contribution in [1.82, 2.24) is 0 Å². The highest BCUT2D eigenvalue weighted by Gasteiger charge is 2.19. The molecule has 0 aliphatic heterocycles. The predicted octanol–water partition coefficient (Wildman–Crippen LogP) is 2.74. The molecule has 3 nitrogen and oxygen atoms in total. The first kappa shape index (κ1) is 14.2. The minimum atomic E-state index is -0.429. The number of amides is 1. The van der Waals surface area contributed by atoms with Crippen molar-refractivity contribution in [3.63, 3.8) is 0 Å². The Hall–Kier alpha value is -2.20. The normalized spacial score (nSPS) is 10.3. The molecule has 0 unspecified atom stereocenters. The van der Waals surface area contributed by atoms with E-state index in [2.05, 4.69) is 0 Å². The van der Waals surface area contributed by atoms with Gasteiger partial charge in [-0.25, -0.2) is 4.39 Å². The third-order valence-corrected chi connectivity index (χ3v) is 3.01. The molecule has 0 aromatic heterocycles. The lowest BCUT2D eigenvalue weighted by atomic mass is 10.1. The molecule has 0 heterocycles. The van der Waals surface area contributed by atoms with Crippen LogP contribution in [0.2, 0.25) is 0 Å². The van der Waals surface area contributed by atoms with Crippen molar-refractivity contribution in [2.75, 3.05) is 18.0 Å². The van der Waals surface area contributed by atoms with Crippen LogP contribution in [0.1, 0.15) is 15.9 Å². The van der Waals surface area contributed by atoms with Crippen LogP contribution in [0.4, 0.5) is 10.1 Å². The van der Waals surface area contributed by atoms with E-state index in [9.17, 15) is 9.18 Å². The molecule has 1 amide bonds. The maximum Gasteiger partial charge on any atom is 0.258 e. The highest BCUT2D eigenvalue weighted by molar-refractivity contribution is 6.06. The molecule has 2 aromatic carbocycles. The third kappa shape index (κ3) is 3.03. The summed E-state index contributed by atoms with van der Waals surface area (Å²) in [5, 5.41) is 0. The summed E-state index contributed by atoms with van der Waals surface area (Å²) >= 11 is 0. The van der Waals surface area contributed by atoms with Gasteiger partial charge in [0.1, 0.15) is 5.82 Å². The second kappa shape index (κ2) is 6.30. The molecular formula is C16H17FN2O. The molecule has 104 valence electrons. The average molecular weight is 272 g/mol. The lowest BCUT2D eigenvalue weighted by Gasteiger charge is -2.22. The largest absolute Gasteiger partial charge is 0.329 e. The van der Waals surface area contributed by atoms with Gasteiger partial charge >= 0.3 is 0 Å². The second-order valence-corrected chi connectivity index (χ2v) is 4.57.